The Morgan fingerprint density at radius 1 is 1.47 bits per heavy atom. The van der Waals surface area contributed by atoms with E-state index in [-0.39, 0.29) is 17.7 Å². The van der Waals surface area contributed by atoms with E-state index in [1.54, 1.807) is 12.1 Å². The summed E-state index contributed by atoms with van der Waals surface area (Å²) in [6.07, 6.45) is 2.58. The molecule has 0 saturated carbocycles. The smallest absolute Gasteiger partial charge is 0.306 e. The maximum absolute atomic E-state index is 11.5. The summed E-state index contributed by atoms with van der Waals surface area (Å²) in [5.74, 6) is -0.385. The van der Waals surface area contributed by atoms with E-state index in [0.29, 0.717) is 18.0 Å². The van der Waals surface area contributed by atoms with Gasteiger partial charge < -0.3 is 10.1 Å². The molecule has 1 amide bonds. The highest BCUT2D eigenvalue weighted by Gasteiger charge is 2.10. The van der Waals surface area contributed by atoms with E-state index in [0.717, 1.165) is 6.42 Å². The Bertz CT molecular complexity index is 449. The van der Waals surface area contributed by atoms with E-state index >= 15 is 0 Å². The van der Waals surface area contributed by atoms with Gasteiger partial charge in [0, 0.05) is 12.6 Å². The molecule has 1 aromatic heterocycles. The van der Waals surface area contributed by atoms with Gasteiger partial charge in [0.2, 0.25) is 0 Å². The first-order valence-corrected chi connectivity index (χ1v) is 6.43. The van der Waals surface area contributed by atoms with Crippen LogP contribution in [-0.2, 0) is 14.3 Å². The normalized spacial score (nSPS) is 10.3. The third-order valence-electron chi connectivity index (χ3n) is 2.32. The van der Waals surface area contributed by atoms with Crippen LogP contribution in [0.4, 0.5) is 5.69 Å². The molecule has 5 nitrogen and oxygen atoms in total. The molecule has 0 aliphatic rings. The van der Waals surface area contributed by atoms with Gasteiger partial charge in [-0.15, -0.1) is 0 Å². The first kappa shape index (κ1) is 15.4. The monoisotopic (exact) mass is 284 g/mol. The Morgan fingerprint density at radius 2 is 2.21 bits per heavy atom. The van der Waals surface area contributed by atoms with Crippen LogP contribution in [-0.4, -0.2) is 23.5 Å². The minimum Gasteiger partial charge on any atom is -0.456 e. The molecular weight excluding hydrogens is 268 g/mol. The lowest BCUT2D eigenvalue weighted by molar-refractivity contribution is -0.147. The van der Waals surface area contributed by atoms with Gasteiger partial charge >= 0.3 is 5.97 Å². The van der Waals surface area contributed by atoms with Crippen molar-refractivity contribution in [2.24, 2.45) is 5.92 Å². The largest absolute Gasteiger partial charge is 0.456 e. The quantitative estimate of drug-likeness (QED) is 0.644. The summed E-state index contributed by atoms with van der Waals surface area (Å²) >= 11 is 5.78. The molecule has 19 heavy (non-hydrogen) atoms. The van der Waals surface area contributed by atoms with Crippen molar-refractivity contribution in [1.82, 2.24) is 4.98 Å². The van der Waals surface area contributed by atoms with Gasteiger partial charge in [-0.1, -0.05) is 25.4 Å². The lowest BCUT2D eigenvalue weighted by Gasteiger charge is -2.08. The Labute approximate surface area is 117 Å². The van der Waals surface area contributed by atoms with Gasteiger partial charge in [-0.25, -0.2) is 4.98 Å². The molecule has 0 radical (unpaired) electrons. The fourth-order valence-electron chi connectivity index (χ4n) is 1.29. The molecule has 0 spiro atoms. The van der Waals surface area contributed by atoms with Crippen molar-refractivity contribution in [3.8, 4) is 0 Å². The molecule has 0 aliphatic heterocycles. The van der Waals surface area contributed by atoms with Crippen LogP contribution in [0.15, 0.2) is 18.3 Å². The van der Waals surface area contributed by atoms with E-state index < -0.39 is 5.91 Å². The van der Waals surface area contributed by atoms with Gasteiger partial charge in [-0.05, 0) is 24.5 Å². The molecule has 1 aromatic rings. The fourth-order valence-corrected chi connectivity index (χ4v) is 1.46. The fraction of sp³-hybridized carbons (Fsp3) is 0.462. The number of anilines is 1. The third-order valence-corrected chi connectivity index (χ3v) is 2.62. The summed E-state index contributed by atoms with van der Waals surface area (Å²) in [7, 11) is 0. The van der Waals surface area contributed by atoms with Gasteiger partial charge in [0.1, 0.15) is 0 Å². The average molecular weight is 285 g/mol. The van der Waals surface area contributed by atoms with E-state index in [2.05, 4.69) is 10.3 Å². The third kappa shape index (κ3) is 6.20. The number of hydrogen-bond donors (Lipinski definition) is 1. The number of ether oxygens (including phenoxy) is 1. The lowest BCUT2D eigenvalue weighted by Crippen LogP contribution is -2.21. The molecule has 0 unspecified atom stereocenters. The van der Waals surface area contributed by atoms with Gasteiger partial charge in [0.05, 0.1) is 5.69 Å². The van der Waals surface area contributed by atoms with Crippen molar-refractivity contribution in [2.75, 3.05) is 11.9 Å². The number of esters is 1. The minimum atomic E-state index is -0.437. The summed E-state index contributed by atoms with van der Waals surface area (Å²) in [5, 5.41) is 2.72. The number of pyridine rings is 1. The zero-order valence-electron chi connectivity index (χ0n) is 11.0. The summed E-state index contributed by atoms with van der Waals surface area (Å²) in [6.45, 7) is 3.72. The molecule has 1 N–H and O–H groups in total. The molecular formula is C13H17ClN2O3. The second-order valence-corrected chi connectivity index (χ2v) is 4.84. The van der Waals surface area contributed by atoms with Crippen LogP contribution in [0, 0.1) is 5.92 Å². The number of hydrogen-bond acceptors (Lipinski definition) is 4. The predicted molar refractivity (Wildman–Crippen MR) is 72.9 cm³/mol. The number of rotatable bonds is 6. The number of halogens is 1. The highest BCUT2D eigenvalue weighted by atomic mass is 35.5. The van der Waals surface area contributed by atoms with Crippen molar-refractivity contribution in [3.05, 3.63) is 23.5 Å². The summed E-state index contributed by atoms with van der Waals surface area (Å²) in [5.41, 5.74) is 0.396. The Balaban J connectivity index is 2.32. The Morgan fingerprint density at radius 3 is 2.84 bits per heavy atom. The van der Waals surface area contributed by atoms with Crippen LogP contribution < -0.4 is 5.32 Å². The van der Waals surface area contributed by atoms with E-state index in [1.165, 1.54) is 6.20 Å². The van der Waals surface area contributed by atoms with E-state index in [1.807, 2.05) is 13.8 Å². The Kier molecular flexibility index (Phi) is 6.29. The Hall–Kier alpha value is -1.62. The van der Waals surface area contributed by atoms with Gasteiger partial charge in [-0.3, -0.25) is 9.59 Å². The second-order valence-electron chi connectivity index (χ2n) is 4.48. The van der Waals surface area contributed by atoms with E-state index in [4.69, 9.17) is 16.3 Å². The molecule has 0 fully saturated rings. The summed E-state index contributed by atoms with van der Waals surface area (Å²) in [4.78, 5) is 26.7. The van der Waals surface area contributed by atoms with Crippen LogP contribution in [0.5, 0.6) is 0 Å². The van der Waals surface area contributed by atoms with Gasteiger partial charge in [0.25, 0.3) is 5.91 Å². The lowest BCUT2D eigenvalue weighted by atomic mass is 10.1. The van der Waals surface area contributed by atoms with Gasteiger partial charge in [0.15, 0.2) is 11.8 Å². The van der Waals surface area contributed by atoms with Crippen molar-refractivity contribution in [2.45, 2.75) is 26.7 Å². The highest BCUT2D eigenvalue weighted by molar-refractivity contribution is 6.32. The molecule has 1 heterocycles. The number of amides is 1. The summed E-state index contributed by atoms with van der Waals surface area (Å²) < 4.78 is 4.85. The van der Waals surface area contributed by atoms with Crippen LogP contribution in [0.1, 0.15) is 26.7 Å². The molecule has 0 atom stereocenters. The molecule has 0 aromatic carbocycles. The standard InChI is InChI=1S/C13H17ClN2O3/c1-9(2)5-6-12(18)19-8-11(17)16-10-4-3-7-15-13(10)14/h3-4,7,9H,5-6,8H2,1-2H3,(H,16,17). The topological polar surface area (TPSA) is 68.3 Å². The van der Waals surface area contributed by atoms with Gasteiger partial charge in [-0.2, -0.15) is 0 Å². The SMILES string of the molecule is CC(C)CCC(=O)OCC(=O)Nc1cccnc1Cl. The van der Waals surface area contributed by atoms with Crippen molar-refractivity contribution in [1.29, 1.82) is 0 Å². The van der Waals surface area contributed by atoms with Crippen LogP contribution in [0.3, 0.4) is 0 Å². The molecule has 6 heteroatoms. The number of nitrogens with one attached hydrogen (secondary N) is 1. The predicted octanol–water partition coefficient (Wildman–Crippen LogP) is 2.65. The average Bonchev–Trinajstić information content (AvgIpc) is 2.36. The minimum absolute atomic E-state index is 0.196. The van der Waals surface area contributed by atoms with Crippen LogP contribution in [0.2, 0.25) is 5.15 Å². The first-order valence-electron chi connectivity index (χ1n) is 6.05. The first-order chi connectivity index (χ1) is 8.99. The van der Waals surface area contributed by atoms with Crippen LogP contribution in [0.25, 0.3) is 0 Å². The maximum Gasteiger partial charge on any atom is 0.306 e. The zero-order chi connectivity index (χ0) is 14.3. The highest BCUT2D eigenvalue weighted by Crippen LogP contribution is 2.17. The maximum atomic E-state index is 11.5. The number of aromatic nitrogens is 1. The van der Waals surface area contributed by atoms with E-state index in [9.17, 15) is 9.59 Å². The van der Waals surface area contributed by atoms with Crippen LogP contribution >= 0.6 is 11.6 Å². The molecule has 0 aliphatic carbocycles. The van der Waals surface area contributed by atoms with Crippen molar-refractivity contribution >= 4 is 29.2 Å². The van der Waals surface area contributed by atoms with Crippen molar-refractivity contribution < 1.29 is 14.3 Å². The molecule has 104 valence electrons. The second kappa shape index (κ2) is 7.74. The number of carbonyl (C=O) groups is 2. The zero-order valence-corrected chi connectivity index (χ0v) is 11.7. The van der Waals surface area contributed by atoms with Crippen molar-refractivity contribution in [3.63, 3.8) is 0 Å². The number of carbonyl (C=O) groups excluding carboxylic acids is 2. The molecule has 0 bridgehead atoms. The summed E-state index contributed by atoms with van der Waals surface area (Å²) in [6, 6.07) is 3.27. The number of nitrogens with zero attached hydrogens (tertiary/aromatic N) is 1. The molecule has 0 saturated heterocycles. The molecule has 1 rings (SSSR count).